The van der Waals surface area contributed by atoms with Crippen LogP contribution in [0.1, 0.15) is 37.4 Å². The summed E-state index contributed by atoms with van der Waals surface area (Å²) in [6, 6.07) is 10.9. The topological polar surface area (TPSA) is 43.8 Å². The van der Waals surface area contributed by atoms with Gasteiger partial charge in [0.2, 0.25) is 0 Å². The van der Waals surface area contributed by atoms with Gasteiger partial charge in [0.05, 0.1) is 17.9 Å². The predicted molar refractivity (Wildman–Crippen MR) is 80.2 cm³/mol. The summed E-state index contributed by atoms with van der Waals surface area (Å²) in [7, 11) is 0. The van der Waals surface area contributed by atoms with Crippen molar-refractivity contribution < 1.29 is 0 Å². The quantitative estimate of drug-likeness (QED) is 0.893. The third-order valence-corrected chi connectivity index (χ3v) is 3.63. The summed E-state index contributed by atoms with van der Waals surface area (Å²) in [6.07, 6.45) is 1.17. The van der Waals surface area contributed by atoms with E-state index in [0.717, 1.165) is 17.9 Å². The van der Waals surface area contributed by atoms with Crippen molar-refractivity contribution in [3.8, 4) is 11.3 Å². The van der Waals surface area contributed by atoms with Crippen LogP contribution in [0, 0.1) is 6.92 Å². The van der Waals surface area contributed by atoms with Crippen molar-refractivity contribution >= 4 is 0 Å². The van der Waals surface area contributed by atoms with Gasteiger partial charge < -0.3 is 5.73 Å². The Kier molecular flexibility index (Phi) is 4.38. The molecule has 1 unspecified atom stereocenters. The molecule has 1 heterocycles. The molecule has 102 valence electrons. The predicted octanol–water partition coefficient (Wildman–Crippen LogP) is 3.33. The lowest BCUT2D eigenvalue weighted by Crippen LogP contribution is -2.12. The summed E-state index contributed by atoms with van der Waals surface area (Å²) < 4.78 is 1.99. The van der Waals surface area contributed by atoms with E-state index in [9.17, 15) is 0 Å². The van der Waals surface area contributed by atoms with Crippen LogP contribution in [-0.2, 0) is 6.54 Å². The van der Waals surface area contributed by atoms with Gasteiger partial charge in [0.15, 0.2) is 0 Å². The van der Waals surface area contributed by atoms with Crippen LogP contribution in [-0.4, -0.2) is 16.3 Å². The first-order chi connectivity index (χ1) is 9.15. The van der Waals surface area contributed by atoms with E-state index in [2.05, 4.69) is 49.3 Å². The number of aryl methyl sites for hydroxylation is 1. The highest BCUT2D eigenvalue weighted by atomic mass is 15.3. The molecular weight excluding hydrogens is 234 g/mol. The minimum absolute atomic E-state index is 0.610. The molecule has 2 rings (SSSR count). The van der Waals surface area contributed by atoms with E-state index in [-0.39, 0.29) is 0 Å². The van der Waals surface area contributed by atoms with Crippen LogP contribution in [0.25, 0.3) is 11.3 Å². The standard InChI is InChI=1S/C16H23N3/c1-4-12(2)14-5-7-15(8-6-14)16-11-13(3)18-19(16)10-9-17/h5-8,11-12H,4,9-10,17H2,1-3H3. The summed E-state index contributed by atoms with van der Waals surface area (Å²) in [4.78, 5) is 0. The van der Waals surface area contributed by atoms with Crippen molar-refractivity contribution in [1.82, 2.24) is 9.78 Å². The SMILES string of the molecule is CCC(C)c1ccc(-c2cc(C)nn2CCN)cc1. The first-order valence-electron chi connectivity index (χ1n) is 7.00. The fourth-order valence-electron chi connectivity index (χ4n) is 2.29. The van der Waals surface area contributed by atoms with Gasteiger partial charge in [0.1, 0.15) is 0 Å². The smallest absolute Gasteiger partial charge is 0.0685 e. The Morgan fingerprint density at radius 2 is 1.95 bits per heavy atom. The van der Waals surface area contributed by atoms with Gasteiger partial charge in [-0.15, -0.1) is 0 Å². The van der Waals surface area contributed by atoms with E-state index in [4.69, 9.17) is 5.73 Å². The molecule has 0 aliphatic heterocycles. The molecule has 3 nitrogen and oxygen atoms in total. The van der Waals surface area contributed by atoms with Crippen LogP contribution in [0.2, 0.25) is 0 Å². The molecule has 0 fully saturated rings. The number of benzene rings is 1. The Balaban J connectivity index is 2.31. The lowest BCUT2D eigenvalue weighted by atomic mass is 9.97. The maximum Gasteiger partial charge on any atom is 0.0685 e. The Bertz CT molecular complexity index is 525. The minimum Gasteiger partial charge on any atom is -0.329 e. The third-order valence-electron chi connectivity index (χ3n) is 3.63. The zero-order chi connectivity index (χ0) is 13.8. The van der Waals surface area contributed by atoms with Crippen LogP contribution < -0.4 is 5.73 Å². The molecule has 19 heavy (non-hydrogen) atoms. The van der Waals surface area contributed by atoms with Crippen molar-refractivity contribution in [1.29, 1.82) is 0 Å². The van der Waals surface area contributed by atoms with Crippen molar-refractivity contribution in [2.45, 2.75) is 39.7 Å². The zero-order valence-corrected chi connectivity index (χ0v) is 12.1. The Morgan fingerprint density at radius 1 is 1.26 bits per heavy atom. The number of aromatic nitrogens is 2. The van der Waals surface area contributed by atoms with Gasteiger partial charge >= 0.3 is 0 Å². The molecule has 1 atom stereocenters. The second-order valence-corrected chi connectivity index (χ2v) is 5.11. The van der Waals surface area contributed by atoms with Gasteiger partial charge in [-0.3, -0.25) is 4.68 Å². The average Bonchev–Trinajstić information content (AvgIpc) is 2.79. The van der Waals surface area contributed by atoms with Gasteiger partial charge in [-0.05, 0) is 36.5 Å². The highest BCUT2D eigenvalue weighted by Crippen LogP contribution is 2.24. The van der Waals surface area contributed by atoms with Gasteiger partial charge in [-0.1, -0.05) is 38.1 Å². The second kappa shape index (κ2) is 6.02. The van der Waals surface area contributed by atoms with E-state index >= 15 is 0 Å². The first-order valence-corrected chi connectivity index (χ1v) is 7.00. The fraction of sp³-hybridized carbons (Fsp3) is 0.438. The van der Waals surface area contributed by atoms with Crippen LogP contribution >= 0.6 is 0 Å². The van der Waals surface area contributed by atoms with E-state index in [1.54, 1.807) is 0 Å². The molecule has 1 aromatic carbocycles. The largest absolute Gasteiger partial charge is 0.329 e. The molecule has 0 spiro atoms. The molecule has 0 amide bonds. The van der Waals surface area contributed by atoms with Gasteiger partial charge in [0.25, 0.3) is 0 Å². The van der Waals surface area contributed by atoms with E-state index in [1.807, 2.05) is 11.6 Å². The fourth-order valence-corrected chi connectivity index (χ4v) is 2.29. The molecule has 0 bridgehead atoms. The van der Waals surface area contributed by atoms with E-state index in [1.165, 1.54) is 17.5 Å². The normalized spacial score (nSPS) is 12.6. The summed E-state index contributed by atoms with van der Waals surface area (Å²) in [6.45, 7) is 7.87. The number of rotatable bonds is 5. The summed E-state index contributed by atoms with van der Waals surface area (Å²) in [5.74, 6) is 0.615. The van der Waals surface area contributed by atoms with Crippen molar-refractivity contribution in [2.24, 2.45) is 5.73 Å². The summed E-state index contributed by atoms with van der Waals surface area (Å²) >= 11 is 0. The monoisotopic (exact) mass is 257 g/mol. The maximum atomic E-state index is 5.64. The van der Waals surface area contributed by atoms with Crippen molar-refractivity contribution in [3.63, 3.8) is 0 Å². The Labute approximate surface area is 115 Å². The molecule has 0 aliphatic carbocycles. The molecule has 3 heteroatoms. The van der Waals surface area contributed by atoms with Gasteiger partial charge in [0, 0.05) is 6.54 Å². The molecule has 0 saturated carbocycles. The Morgan fingerprint density at radius 3 is 2.53 bits per heavy atom. The van der Waals surface area contributed by atoms with E-state index < -0.39 is 0 Å². The maximum absolute atomic E-state index is 5.64. The third kappa shape index (κ3) is 3.04. The highest BCUT2D eigenvalue weighted by Gasteiger charge is 2.08. The summed E-state index contributed by atoms with van der Waals surface area (Å²) in [5.41, 5.74) is 10.4. The number of nitrogens with two attached hydrogens (primary N) is 1. The van der Waals surface area contributed by atoms with Gasteiger partial charge in [-0.25, -0.2) is 0 Å². The summed E-state index contributed by atoms with van der Waals surface area (Å²) in [5, 5.41) is 4.49. The minimum atomic E-state index is 0.610. The molecule has 0 radical (unpaired) electrons. The molecule has 0 aliphatic rings. The number of nitrogens with zero attached hydrogens (tertiary/aromatic N) is 2. The molecule has 2 N–H and O–H groups in total. The van der Waals surface area contributed by atoms with E-state index in [0.29, 0.717) is 12.5 Å². The van der Waals surface area contributed by atoms with Crippen LogP contribution in [0.3, 0.4) is 0 Å². The number of hydrogen-bond acceptors (Lipinski definition) is 2. The molecule has 0 saturated heterocycles. The zero-order valence-electron chi connectivity index (χ0n) is 12.1. The lowest BCUT2D eigenvalue weighted by molar-refractivity contribution is 0.626. The average molecular weight is 257 g/mol. The van der Waals surface area contributed by atoms with Crippen LogP contribution in [0.4, 0.5) is 0 Å². The lowest BCUT2D eigenvalue weighted by Gasteiger charge is -2.10. The van der Waals surface area contributed by atoms with Crippen LogP contribution in [0.5, 0.6) is 0 Å². The highest BCUT2D eigenvalue weighted by molar-refractivity contribution is 5.60. The Hall–Kier alpha value is -1.61. The van der Waals surface area contributed by atoms with Crippen molar-refractivity contribution in [2.75, 3.05) is 6.54 Å². The second-order valence-electron chi connectivity index (χ2n) is 5.11. The number of hydrogen-bond donors (Lipinski definition) is 1. The molecule has 1 aromatic heterocycles. The van der Waals surface area contributed by atoms with Crippen LogP contribution in [0.15, 0.2) is 30.3 Å². The molecular formula is C16H23N3. The molecule has 2 aromatic rings. The van der Waals surface area contributed by atoms with Crippen molar-refractivity contribution in [3.05, 3.63) is 41.6 Å². The van der Waals surface area contributed by atoms with Gasteiger partial charge in [-0.2, -0.15) is 5.10 Å². The first kappa shape index (κ1) is 13.8.